The number of para-hydroxylation sites is 2. The van der Waals surface area contributed by atoms with E-state index in [1.54, 1.807) is 12.1 Å². The highest BCUT2D eigenvalue weighted by Crippen LogP contribution is 2.35. The van der Waals surface area contributed by atoms with E-state index >= 15 is 0 Å². The van der Waals surface area contributed by atoms with Crippen LogP contribution in [0.1, 0.15) is 18.7 Å². The van der Waals surface area contributed by atoms with Crippen LogP contribution in [0.2, 0.25) is 0 Å². The van der Waals surface area contributed by atoms with Gasteiger partial charge in [-0.15, -0.1) is 5.10 Å². The number of hydrogen-bond donors (Lipinski definition) is 1. The molecule has 1 amide bonds. The molecule has 0 aromatic heterocycles. The molecule has 0 saturated heterocycles. The Labute approximate surface area is 155 Å². The van der Waals surface area contributed by atoms with Crippen molar-refractivity contribution in [2.45, 2.75) is 13.1 Å². The van der Waals surface area contributed by atoms with E-state index in [1.165, 1.54) is 11.8 Å². The standard InChI is InChI=1S/C19H18N4O2S/c1-3-26-19-21-18(24)16-12-8-4-6-10-14(12)20-17(23(16)22-19)13-9-5-7-11-15(13)25-2/h4-11,17H,3H2,1-2H3,(H,21,22,24)/t17-/m0/s1. The number of benzene rings is 2. The third-order valence-corrected chi connectivity index (χ3v) is 4.96. The Balaban J connectivity index is 1.97. The van der Waals surface area contributed by atoms with Gasteiger partial charge in [-0.2, -0.15) is 0 Å². The minimum atomic E-state index is -0.463. The van der Waals surface area contributed by atoms with E-state index in [1.807, 2.05) is 55.5 Å². The number of methoxy groups -OCH3 is 1. The van der Waals surface area contributed by atoms with Crippen LogP contribution < -0.4 is 20.6 Å². The fourth-order valence-corrected chi connectivity index (χ4v) is 3.70. The lowest BCUT2D eigenvalue weighted by Gasteiger charge is -2.34. The van der Waals surface area contributed by atoms with Gasteiger partial charge in [-0.3, -0.25) is 15.1 Å². The Morgan fingerprint density at radius 2 is 1.96 bits per heavy atom. The predicted octanol–water partition coefficient (Wildman–Crippen LogP) is 1.59. The summed E-state index contributed by atoms with van der Waals surface area (Å²) in [6, 6.07) is 15.3. The third-order valence-electron chi connectivity index (χ3n) is 4.21. The number of amidine groups is 1. The summed E-state index contributed by atoms with van der Waals surface area (Å²) in [5.74, 6) is 1.36. The zero-order chi connectivity index (χ0) is 18.1. The Morgan fingerprint density at radius 1 is 1.19 bits per heavy atom. The average molecular weight is 366 g/mol. The molecule has 7 heteroatoms. The fourth-order valence-electron chi connectivity index (χ4n) is 3.11. The number of nitrogens with one attached hydrogen (secondary N) is 1. The van der Waals surface area contributed by atoms with E-state index in [0.29, 0.717) is 16.6 Å². The number of ether oxygens (including phenoxy) is 1. The molecule has 6 nitrogen and oxygen atoms in total. The second-order valence-corrected chi connectivity index (χ2v) is 7.00. The molecule has 0 unspecified atom stereocenters. The topological polar surface area (TPSA) is 66.3 Å². The van der Waals surface area contributed by atoms with Crippen LogP contribution in [0, 0.1) is 0 Å². The fraction of sp³-hybridized carbons (Fsp3) is 0.211. The van der Waals surface area contributed by atoms with Crippen molar-refractivity contribution in [3.05, 3.63) is 64.7 Å². The third kappa shape index (κ3) is 2.74. The summed E-state index contributed by atoms with van der Waals surface area (Å²) in [4.78, 5) is 17.7. The molecular weight excluding hydrogens is 348 g/mol. The number of rotatable bonds is 3. The average Bonchev–Trinajstić information content (AvgIpc) is 2.67. The maximum Gasteiger partial charge on any atom is 0.276 e. The quantitative estimate of drug-likeness (QED) is 0.896. The van der Waals surface area contributed by atoms with Gasteiger partial charge >= 0.3 is 0 Å². The molecule has 0 bridgehead atoms. The molecule has 1 atom stereocenters. The van der Waals surface area contributed by atoms with Gasteiger partial charge in [0.05, 0.1) is 12.5 Å². The number of hydrazone groups is 1. The highest BCUT2D eigenvalue weighted by molar-refractivity contribution is 8.13. The van der Waals surface area contributed by atoms with Crippen LogP contribution in [-0.4, -0.2) is 28.9 Å². The summed E-state index contributed by atoms with van der Waals surface area (Å²) in [6.45, 7) is 2.02. The van der Waals surface area contributed by atoms with Crippen molar-refractivity contribution in [2.75, 3.05) is 12.9 Å². The molecular formula is C19H18N4O2S. The van der Waals surface area contributed by atoms with Crippen LogP contribution in [0.4, 0.5) is 0 Å². The molecule has 2 aromatic rings. The Hall–Kier alpha value is -2.80. The minimum absolute atomic E-state index is 0.168. The zero-order valence-electron chi connectivity index (χ0n) is 14.5. The molecule has 4 rings (SSSR count). The van der Waals surface area contributed by atoms with Gasteiger partial charge < -0.3 is 4.74 Å². The molecule has 2 heterocycles. The summed E-state index contributed by atoms with van der Waals surface area (Å²) in [5, 5.41) is 11.4. The van der Waals surface area contributed by atoms with Crippen molar-refractivity contribution in [1.29, 1.82) is 0 Å². The SMILES string of the molecule is CCSC1=NN2C(=c3ccccc3=N[C@@H]2c2ccccc2OC)C(=O)N1. The first-order valence-corrected chi connectivity index (χ1v) is 9.33. The Kier molecular flexibility index (Phi) is 4.38. The minimum Gasteiger partial charge on any atom is -0.496 e. The lowest BCUT2D eigenvalue weighted by atomic mass is 10.1. The summed E-state index contributed by atoms with van der Waals surface area (Å²) in [5.41, 5.74) is 1.37. The first-order valence-electron chi connectivity index (χ1n) is 8.35. The van der Waals surface area contributed by atoms with E-state index in [9.17, 15) is 4.79 Å². The molecule has 0 radical (unpaired) electrons. The van der Waals surface area contributed by atoms with Crippen LogP contribution in [0.15, 0.2) is 58.6 Å². The van der Waals surface area contributed by atoms with E-state index in [2.05, 4.69) is 10.4 Å². The van der Waals surface area contributed by atoms with E-state index in [4.69, 9.17) is 9.73 Å². The smallest absolute Gasteiger partial charge is 0.276 e. The van der Waals surface area contributed by atoms with Gasteiger partial charge in [-0.25, -0.2) is 5.01 Å². The number of carbonyl (C=O) groups excluding carboxylic acids is 1. The molecule has 2 aliphatic rings. The molecule has 2 aromatic carbocycles. The van der Waals surface area contributed by atoms with Crippen LogP contribution in [0.25, 0.3) is 5.70 Å². The van der Waals surface area contributed by atoms with Crippen LogP contribution in [0.5, 0.6) is 5.75 Å². The van der Waals surface area contributed by atoms with Crippen molar-refractivity contribution in [3.63, 3.8) is 0 Å². The molecule has 0 fully saturated rings. The molecule has 2 aliphatic heterocycles. The van der Waals surface area contributed by atoms with Crippen LogP contribution in [-0.2, 0) is 4.79 Å². The van der Waals surface area contributed by atoms with Gasteiger partial charge in [0.15, 0.2) is 11.3 Å². The van der Waals surface area contributed by atoms with Gasteiger partial charge in [-0.05, 0) is 17.9 Å². The van der Waals surface area contributed by atoms with Crippen molar-refractivity contribution >= 4 is 28.5 Å². The lowest BCUT2D eigenvalue weighted by Crippen LogP contribution is -2.50. The van der Waals surface area contributed by atoms with Gasteiger partial charge in [0.25, 0.3) is 5.91 Å². The second-order valence-electron chi connectivity index (χ2n) is 5.75. The van der Waals surface area contributed by atoms with Crippen molar-refractivity contribution in [3.8, 4) is 5.75 Å². The lowest BCUT2D eigenvalue weighted by molar-refractivity contribution is -0.116. The van der Waals surface area contributed by atoms with Crippen molar-refractivity contribution < 1.29 is 9.53 Å². The molecule has 132 valence electrons. The maximum absolute atomic E-state index is 12.9. The maximum atomic E-state index is 12.9. The van der Waals surface area contributed by atoms with E-state index in [-0.39, 0.29) is 5.91 Å². The number of thioether (sulfide) groups is 1. The summed E-state index contributed by atoms with van der Waals surface area (Å²) in [6.07, 6.45) is -0.463. The molecule has 26 heavy (non-hydrogen) atoms. The highest BCUT2D eigenvalue weighted by Gasteiger charge is 2.35. The number of nitrogens with zero attached hydrogens (tertiary/aromatic N) is 3. The zero-order valence-corrected chi connectivity index (χ0v) is 15.3. The number of fused-ring (bicyclic) bond motifs is 2. The van der Waals surface area contributed by atoms with E-state index in [0.717, 1.165) is 21.9 Å². The monoisotopic (exact) mass is 366 g/mol. The normalized spacial score (nSPS) is 18.3. The van der Waals surface area contributed by atoms with Crippen LogP contribution in [0.3, 0.4) is 0 Å². The molecule has 1 N–H and O–H groups in total. The highest BCUT2D eigenvalue weighted by atomic mass is 32.2. The number of amides is 1. The number of carbonyl (C=O) groups is 1. The first-order chi connectivity index (χ1) is 12.7. The van der Waals surface area contributed by atoms with Crippen molar-refractivity contribution in [1.82, 2.24) is 10.3 Å². The van der Waals surface area contributed by atoms with Gasteiger partial charge in [0, 0.05) is 10.8 Å². The summed E-state index contributed by atoms with van der Waals surface area (Å²) < 4.78 is 5.52. The largest absolute Gasteiger partial charge is 0.496 e. The van der Waals surface area contributed by atoms with Gasteiger partial charge in [0.2, 0.25) is 0 Å². The summed E-state index contributed by atoms with van der Waals surface area (Å²) in [7, 11) is 1.63. The first kappa shape index (κ1) is 16.7. The number of hydrogen-bond acceptors (Lipinski definition) is 6. The Morgan fingerprint density at radius 3 is 2.77 bits per heavy atom. The van der Waals surface area contributed by atoms with Gasteiger partial charge in [-0.1, -0.05) is 55.1 Å². The second kappa shape index (κ2) is 6.84. The molecule has 0 aliphatic carbocycles. The van der Waals surface area contributed by atoms with E-state index < -0.39 is 6.17 Å². The predicted molar refractivity (Wildman–Crippen MR) is 102 cm³/mol. The molecule has 0 saturated carbocycles. The Bertz CT molecular complexity index is 1020. The van der Waals surface area contributed by atoms with Gasteiger partial charge in [0.1, 0.15) is 11.4 Å². The van der Waals surface area contributed by atoms with Crippen molar-refractivity contribution in [2.24, 2.45) is 10.1 Å². The summed E-state index contributed by atoms with van der Waals surface area (Å²) >= 11 is 1.49. The molecule has 0 spiro atoms. The van der Waals surface area contributed by atoms with Crippen LogP contribution >= 0.6 is 11.8 Å².